The molecule has 4 rings (SSSR count). The number of nitrogens with one attached hydrogen (secondary N) is 1. The second kappa shape index (κ2) is 11.3. The number of aldehydes is 1. The molecule has 1 aromatic carbocycles. The van der Waals surface area contributed by atoms with Gasteiger partial charge in [-0.15, -0.1) is 23.5 Å². The molecule has 1 spiro atoms. The monoisotopic (exact) mass is 558 g/mol. The van der Waals surface area contributed by atoms with E-state index in [1.807, 2.05) is 23.5 Å². The number of carbonyl (C=O) groups excluding carboxylic acids is 3. The zero-order valence-corrected chi connectivity index (χ0v) is 22.3. The Morgan fingerprint density at radius 1 is 1.11 bits per heavy atom. The molecule has 2 heterocycles. The molecule has 3 fully saturated rings. The molecule has 3 aliphatic rings. The lowest BCUT2D eigenvalue weighted by Crippen LogP contribution is -2.54. The predicted octanol–water partition coefficient (Wildman–Crippen LogP) is 4.74. The number of halogens is 2. The minimum Gasteiger partial charge on any atom is -0.478 e. The summed E-state index contributed by atoms with van der Waals surface area (Å²) in [4.78, 5) is 52.7. The molecule has 1 aliphatic carbocycles. The lowest BCUT2D eigenvalue weighted by atomic mass is 9.83. The molecule has 2 N–H and O–H groups in total. The van der Waals surface area contributed by atoms with Crippen LogP contribution < -0.4 is 5.32 Å². The van der Waals surface area contributed by atoms with E-state index in [1.165, 1.54) is 12.1 Å². The Bertz CT molecular complexity index is 1010. The van der Waals surface area contributed by atoms with Crippen LogP contribution in [0.5, 0.6) is 0 Å². The van der Waals surface area contributed by atoms with Crippen LogP contribution in [-0.2, 0) is 9.59 Å². The second-order valence-corrected chi connectivity index (χ2v) is 13.3. The molecule has 1 saturated carbocycles. The first-order chi connectivity index (χ1) is 16.8. The van der Waals surface area contributed by atoms with E-state index in [4.69, 9.17) is 23.2 Å². The molecule has 0 unspecified atom stereocenters. The topological polar surface area (TPSA) is 104 Å². The van der Waals surface area contributed by atoms with Gasteiger partial charge in [-0.1, -0.05) is 42.5 Å². The van der Waals surface area contributed by atoms with E-state index in [-0.39, 0.29) is 31.5 Å². The van der Waals surface area contributed by atoms with E-state index >= 15 is 0 Å². The molecule has 2 atom stereocenters. The number of hydrogen-bond donors (Lipinski definition) is 2. The number of carbonyl (C=O) groups is 4. The van der Waals surface area contributed by atoms with Crippen molar-refractivity contribution in [3.8, 4) is 0 Å². The maximum atomic E-state index is 13.9. The molecule has 7 nitrogen and oxygen atoms in total. The summed E-state index contributed by atoms with van der Waals surface area (Å²) in [5.41, 5.74) is -0.545. The highest BCUT2D eigenvalue weighted by Crippen LogP contribution is 2.50. The lowest BCUT2D eigenvalue weighted by Gasteiger charge is -2.35. The highest BCUT2D eigenvalue weighted by molar-refractivity contribution is 8.18. The molecule has 2 aliphatic heterocycles. The van der Waals surface area contributed by atoms with Crippen molar-refractivity contribution in [1.82, 2.24) is 10.2 Å². The number of aromatic carboxylic acids is 1. The third-order valence-electron chi connectivity index (χ3n) is 7.02. The van der Waals surface area contributed by atoms with E-state index in [0.29, 0.717) is 13.0 Å². The predicted molar refractivity (Wildman–Crippen MR) is 140 cm³/mol. The molecular formula is C24H28Cl2N2O5S2. The molecule has 11 heteroatoms. The van der Waals surface area contributed by atoms with Crippen molar-refractivity contribution in [2.45, 2.75) is 61.1 Å². The molecule has 0 bridgehead atoms. The Morgan fingerprint density at radius 2 is 1.80 bits per heavy atom. The normalized spacial score (nSPS) is 23.1. The fourth-order valence-electron chi connectivity index (χ4n) is 5.25. The molecule has 190 valence electrons. The van der Waals surface area contributed by atoms with Crippen LogP contribution in [0.25, 0.3) is 0 Å². The second-order valence-electron chi connectivity index (χ2n) is 9.27. The van der Waals surface area contributed by atoms with E-state index < -0.39 is 29.5 Å². The van der Waals surface area contributed by atoms with Crippen LogP contribution in [0, 0.1) is 5.92 Å². The van der Waals surface area contributed by atoms with Crippen molar-refractivity contribution < 1.29 is 24.3 Å². The minimum atomic E-state index is -1.38. The first kappa shape index (κ1) is 26.6. The van der Waals surface area contributed by atoms with Gasteiger partial charge in [0.1, 0.15) is 12.3 Å². The van der Waals surface area contributed by atoms with Gasteiger partial charge in [0.15, 0.2) is 0 Å². The highest BCUT2D eigenvalue weighted by atomic mass is 35.5. The smallest absolute Gasteiger partial charge is 0.338 e. The summed E-state index contributed by atoms with van der Waals surface area (Å²) in [5, 5.41) is 12.3. The number of carboxylic acids is 1. The van der Waals surface area contributed by atoms with Crippen molar-refractivity contribution in [1.29, 1.82) is 0 Å². The average Bonchev–Trinajstić information content (AvgIpc) is 3.22. The van der Waals surface area contributed by atoms with Gasteiger partial charge in [0.25, 0.3) is 5.91 Å². The van der Waals surface area contributed by atoms with Crippen LogP contribution >= 0.6 is 46.7 Å². The number of thioether (sulfide) groups is 2. The van der Waals surface area contributed by atoms with Gasteiger partial charge in [0, 0.05) is 13.0 Å². The Labute approximate surface area is 223 Å². The first-order valence-corrected chi connectivity index (χ1v) is 14.5. The van der Waals surface area contributed by atoms with E-state index in [1.54, 1.807) is 4.90 Å². The Balaban J connectivity index is 1.62. The van der Waals surface area contributed by atoms with Crippen molar-refractivity contribution >= 4 is 70.8 Å². The number of hydrogen-bond acceptors (Lipinski definition) is 6. The van der Waals surface area contributed by atoms with Gasteiger partial charge in [0.05, 0.1) is 31.3 Å². The summed E-state index contributed by atoms with van der Waals surface area (Å²) in [6.07, 6.45) is 7.05. The fraction of sp³-hybridized carbons (Fsp3) is 0.583. The van der Waals surface area contributed by atoms with Crippen LogP contribution in [-0.4, -0.2) is 68.3 Å². The maximum absolute atomic E-state index is 13.9. The largest absolute Gasteiger partial charge is 0.478 e. The summed E-state index contributed by atoms with van der Waals surface area (Å²) in [7, 11) is 0. The molecule has 2 amide bonds. The third-order valence-corrected chi connectivity index (χ3v) is 11.2. The summed E-state index contributed by atoms with van der Waals surface area (Å²) >= 11 is 15.7. The number of rotatable bonds is 6. The van der Waals surface area contributed by atoms with Crippen LogP contribution in [0.15, 0.2) is 12.1 Å². The van der Waals surface area contributed by atoms with Gasteiger partial charge in [-0.25, -0.2) is 4.79 Å². The van der Waals surface area contributed by atoms with Crippen molar-refractivity contribution in [3.05, 3.63) is 33.3 Å². The van der Waals surface area contributed by atoms with Crippen LogP contribution in [0.4, 0.5) is 0 Å². The fourth-order valence-corrected chi connectivity index (χ4v) is 9.03. The average molecular weight is 560 g/mol. The summed E-state index contributed by atoms with van der Waals surface area (Å²) in [5.74, 6) is -0.438. The zero-order valence-electron chi connectivity index (χ0n) is 19.1. The summed E-state index contributed by atoms with van der Waals surface area (Å²) in [6.45, 7) is 0.455. The Hall–Kier alpha value is -1.42. The SMILES string of the molecule is O=C[C@@H]1CC2(CN1C(=O)[C@@H](NC(=O)c1ccc(Cl)c(Cl)c1C(=O)O)C1CCCCC1)SCCCS2. The molecular weight excluding hydrogens is 531 g/mol. The van der Waals surface area contributed by atoms with Gasteiger partial charge >= 0.3 is 5.97 Å². The number of amides is 2. The van der Waals surface area contributed by atoms with Gasteiger partial charge in [-0.2, -0.15) is 0 Å². The van der Waals surface area contributed by atoms with Gasteiger partial charge in [0.2, 0.25) is 5.91 Å². The van der Waals surface area contributed by atoms with E-state index in [2.05, 4.69) is 5.32 Å². The van der Waals surface area contributed by atoms with Gasteiger partial charge in [-0.05, 0) is 48.8 Å². The number of carboxylic acid groups (broad SMARTS) is 1. The number of benzene rings is 1. The summed E-state index contributed by atoms with van der Waals surface area (Å²) in [6, 6.07) is 1.29. The van der Waals surface area contributed by atoms with Crippen molar-refractivity contribution in [2.24, 2.45) is 5.92 Å². The van der Waals surface area contributed by atoms with Crippen LogP contribution in [0.3, 0.4) is 0 Å². The van der Waals surface area contributed by atoms with E-state index in [9.17, 15) is 24.3 Å². The zero-order chi connectivity index (χ0) is 25.2. The van der Waals surface area contributed by atoms with Crippen LogP contribution in [0.1, 0.15) is 65.7 Å². The quantitative estimate of drug-likeness (QED) is 0.486. The van der Waals surface area contributed by atoms with Gasteiger partial charge in [-0.3, -0.25) is 9.59 Å². The lowest BCUT2D eigenvalue weighted by molar-refractivity contribution is -0.137. The number of likely N-dealkylation sites (tertiary alicyclic amines) is 1. The minimum absolute atomic E-state index is 0.0270. The molecule has 2 saturated heterocycles. The first-order valence-electron chi connectivity index (χ1n) is 11.8. The van der Waals surface area contributed by atoms with Crippen molar-refractivity contribution in [2.75, 3.05) is 18.1 Å². The summed E-state index contributed by atoms with van der Waals surface area (Å²) < 4.78 is -0.194. The van der Waals surface area contributed by atoms with Gasteiger partial charge < -0.3 is 20.1 Å². The molecule has 35 heavy (non-hydrogen) atoms. The molecule has 1 aromatic rings. The molecule has 0 aromatic heterocycles. The Morgan fingerprint density at radius 3 is 2.43 bits per heavy atom. The maximum Gasteiger partial charge on any atom is 0.338 e. The third kappa shape index (κ3) is 5.63. The van der Waals surface area contributed by atoms with E-state index in [0.717, 1.165) is 56.3 Å². The number of nitrogens with zero attached hydrogens (tertiary/aromatic N) is 1. The standard InChI is InChI=1S/C24H28Cl2N2O5S2/c25-17-8-7-16(18(19(17)26)23(32)33)21(30)27-20(14-5-2-1-3-6-14)22(31)28-13-24(11-15(28)12-29)34-9-4-10-35-24/h7-8,12,14-15,20H,1-6,9-11,13H2,(H,27,30)(H,32,33)/t15-,20-/m0/s1. The molecule has 0 radical (unpaired) electrons. The van der Waals surface area contributed by atoms with Crippen LogP contribution in [0.2, 0.25) is 10.0 Å². The highest BCUT2D eigenvalue weighted by Gasteiger charge is 2.49. The van der Waals surface area contributed by atoms with Crippen molar-refractivity contribution in [3.63, 3.8) is 0 Å². The Kier molecular flexibility index (Phi) is 8.61.